The van der Waals surface area contributed by atoms with Gasteiger partial charge in [0.15, 0.2) is 0 Å². The molecule has 0 radical (unpaired) electrons. The number of carbonyl (C=O) groups excluding carboxylic acids is 3. The van der Waals surface area contributed by atoms with Crippen molar-refractivity contribution in [1.29, 1.82) is 0 Å². The largest absolute Gasteiger partial charge is 0.354 e. The maximum absolute atomic E-state index is 12.2. The molecule has 1 aromatic carbocycles. The Balaban J connectivity index is 1.49. The molecule has 3 amide bonds. The number of hydrogen-bond acceptors (Lipinski definition) is 4. The van der Waals surface area contributed by atoms with Gasteiger partial charge in [0.05, 0.1) is 11.1 Å². The molecule has 2 heterocycles. The van der Waals surface area contributed by atoms with Crippen LogP contribution in [0.4, 0.5) is 0 Å². The lowest BCUT2D eigenvalue weighted by molar-refractivity contribution is -0.121. The van der Waals surface area contributed by atoms with Crippen molar-refractivity contribution >= 4 is 17.7 Å². The zero-order chi connectivity index (χ0) is 17.1. The molecule has 0 spiro atoms. The fraction of sp³-hybridized carbons (Fsp3) is 0.500. The molecule has 0 aliphatic carbocycles. The number of nitrogens with zero attached hydrogens (tertiary/aromatic N) is 2. The first-order valence-electron chi connectivity index (χ1n) is 8.57. The molecule has 0 saturated carbocycles. The number of rotatable bonds is 6. The summed E-state index contributed by atoms with van der Waals surface area (Å²) in [6.45, 7) is 4.97. The van der Waals surface area contributed by atoms with Crippen LogP contribution in [0.5, 0.6) is 0 Å². The van der Waals surface area contributed by atoms with Gasteiger partial charge >= 0.3 is 0 Å². The van der Waals surface area contributed by atoms with E-state index >= 15 is 0 Å². The van der Waals surface area contributed by atoms with E-state index in [0.29, 0.717) is 23.7 Å². The van der Waals surface area contributed by atoms with Crippen LogP contribution in [0.3, 0.4) is 0 Å². The fourth-order valence-corrected chi connectivity index (χ4v) is 3.52. The van der Waals surface area contributed by atoms with Gasteiger partial charge in [-0.15, -0.1) is 0 Å². The van der Waals surface area contributed by atoms with Gasteiger partial charge in [0.25, 0.3) is 11.8 Å². The van der Waals surface area contributed by atoms with Crippen LogP contribution in [0, 0.1) is 0 Å². The summed E-state index contributed by atoms with van der Waals surface area (Å²) >= 11 is 0. The first-order valence-corrected chi connectivity index (χ1v) is 8.57. The summed E-state index contributed by atoms with van der Waals surface area (Å²) in [6.07, 6.45) is 2.42. The molecule has 1 atom stereocenters. The predicted octanol–water partition coefficient (Wildman–Crippen LogP) is 1.27. The van der Waals surface area contributed by atoms with E-state index in [-0.39, 0.29) is 30.7 Å². The Morgan fingerprint density at radius 1 is 1.21 bits per heavy atom. The Bertz CT molecular complexity index is 624. The van der Waals surface area contributed by atoms with Crippen LogP contribution in [0.15, 0.2) is 24.3 Å². The third kappa shape index (κ3) is 3.19. The van der Waals surface area contributed by atoms with Crippen molar-refractivity contribution in [1.82, 2.24) is 15.1 Å². The monoisotopic (exact) mass is 329 g/mol. The molecule has 2 aliphatic heterocycles. The average molecular weight is 329 g/mol. The maximum Gasteiger partial charge on any atom is 0.261 e. The van der Waals surface area contributed by atoms with Crippen LogP contribution in [0.2, 0.25) is 0 Å². The highest BCUT2D eigenvalue weighted by molar-refractivity contribution is 6.21. The summed E-state index contributed by atoms with van der Waals surface area (Å²) < 4.78 is 0. The van der Waals surface area contributed by atoms with Crippen molar-refractivity contribution in [3.63, 3.8) is 0 Å². The molecule has 128 valence electrons. The van der Waals surface area contributed by atoms with Gasteiger partial charge in [-0.1, -0.05) is 19.1 Å². The Hall–Kier alpha value is -2.21. The number of nitrogens with one attached hydrogen (secondary N) is 1. The van der Waals surface area contributed by atoms with E-state index < -0.39 is 0 Å². The van der Waals surface area contributed by atoms with Crippen LogP contribution in [-0.4, -0.2) is 59.7 Å². The lowest BCUT2D eigenvalue weighted by Crippen LogP contribution is -2.41. The zero-order valence-electron chi connectivity index (χ0n) is 14.0. The van der Waals surface area contributed by atoms with Gasteiger partial charge in [-0.3, -0.25) is 24.2 Å². The van der Waals surface area contributed by atoms with Gasteiger partial charge in [-0.25, -0.2) is 0 Å². The van der Waals surface area contributed by atoms with E-state index in [1.54, 1.807) is 24.3 Å². The lowest BCUT2D eigenvalue weighted by Gasteiger charge is -2.23. The molecule has 1 saturated heterocycles. The van der Waals surface area contributed by atoms with Crippen LogP contribution < -0.4 is 5.32 Å². The van der Waals surface area contributed by atoms with Crippen molar-refractivity contribution in [3.05, 3.63) is 35.4 Å². The fourth-order valence-electron chi connectivity index (χ4n) is 3.52. The van der Waals surface area contributed by atoms with Crippen LogP contribution >= 0.6 is 0 Å². The topological polar surface area (TPSA) is 69.7 Å². The summed E-state index contributed by atoms with van der Waals surface area (Å²) in [6, 6.07) is 7.17. The van der Waals surface area contributed by atoms with Gasteiger partial charge in [-0.2, -0.15) is 0 Å². The number of amides is 3. The van der Waals surface area contributed by atoms with Gasteiger partial charge in [-0.05, 0) is 38.1 Å². The van der Waals surface area contributed by atoms with E-state index in [1.165, 1.54) is 6.42 Å². The molecule has 0 unspecified atom stereocenters. The van der Waals surface area contributed by atoms with Crippen molar-refractivity contribution in [2.45, 2.75) is 32.2 Å². The zero-order valence-corrected chi connectivity index (χ0v) is 14.0. The molecule has 3 rings (SSSR count). The second-order valence-corrected chi connectivity index (χ2v) is 6.29. The second kappa shape index (κ2) is 7.13. The number of hydrogen-bond donors (Lipinski definition) is 1. The maximum atomic E-state index is 12.2. The number of benzene rings is 1. The molecule has 6 heteroatoms. The van der Waals surface area contributed by atoms with E-state index in [1.807, 2.05) is 0 Å². The minimum atomic E-state index is -0.309. The number of likely N-dealkylation sites (tertiary alicyclic amines) is 1. The molecule has 2 aliphatic rings. The summed E-state index contributed by atoms with van der Waals surface area (Å²) in [5.41, 5.74) is 0.847. The first kappa shape index (κ1) is 16.6. The number of fused-ring (bicyclic) bond motifs is 1. The second-order valence-electron chi connectivity index (χ2n) is 6.29. The third-order valence-electron chi connectivity index (χ3n) is 4.88. The van der Waals surface area contributed by atoms with Crippen LogP contribution in [-0.2, 0) is 4.79 Å². The van der Waals surface area contributed by atoms with Gasteiger partial charge in [0, 0.05) is 25.6 Å². The molecular formula is C18H23N3O3. The summed E-state index contributed by atoms with van der Waals surface area (Å²) in [7, 11) is 0. The number of likely N-dealkylation sites (N-methyl/N-ethyl adjacent to an activating group) is 1. The van der Waals surface area contributed by atoms with Gasteiger partial charge in [0.2, 0.25) is 5.91 Å². The van der Waals surface area contributed by atoms with E-state index in [2.05, 4.69) is 17.1 Å². The van der Waals surface area contributed by atoms with Crippen LogP contribution in [0.1, 0.15) is 46.9 Å². The first-order chi connectivity index (χ1) is 11.6. The van der Waals surface area contributed by atoms with Crippen molar-refractivity contribution in [3.8, 4) is 0 Å². The summed E-state index contributed by atoms with van der Waals surface area (Å²) in [5, 5.41) is 2.93. The highest BCUT2D eigenvalue weighted by atomic mass is 16.2. The minimum Gasteiger partial charge on any atom is -0.354 e. The molecule has 0 aromatic heterocycles. The molecule has 0 bridgehead atoms. The Kier molecular flexibility index (Phi) is 4.94. The molecule has 1 N–H and O–H groups in total. The Morgan fingerprint density at radius 2 is 1.88 bits per heavy atom. The van der Waals surface area contributed by atoms with Gasteiger partial charge < -0.3 is 5.32 Å². The minimum absolute atomic E-state index is 0.116. The normalized spacial score (nSPS) is 20.5. The summed E-state index contributed by atoms with van der Waals surface area (Å²) in [4.78, 5) is 40.1. The number of carbonyl (C=O) groups is 3. The Morgan fingerprint density at radius 3 is 2.50 bits per heavy atom. The predicted molar refractivity (Wildman–Crippen MR) is 89.7 cm³/mol. The molecule has 1 aromatic rings. The molecule has 24 heavy (non-hydrogen) atoms. The van der Waals surface area contributed by atoms with Gasteiger partial charge in [0.1, 0.15) is 0 Å². The van der Waals surface area contributed by atoms with E-state index in [4.69, 9.17) is 0 Å². The standard InChI is InChI=1S/C18H23N3O3/c1-2-20-10-5-6-13(20)12-19-16(22)9-11-21-17(23)14-7-3-4-8-15(14)18(21)24/h3-4,7-8,13H,2,5-6,9-12H2,1H3,(H,19,22)/t13-/m1/s1. The van der Waals surface area contributed by atoms with E-state index in [0.717, 1.165) is 24.4 Å². The third-order valence-corrected chi connectivity index (χ3v) is 4.88. The smallest absolute Gasteiger partial charge is 0.261 e. The van der Waals surface area contributed by atoms with Crippen molar-refractivity contribution in [2.24, 2.45) is 0 Å². The van der Waals surface area contributed by atoms with Crippen molar-refractivity contribution in [2.75, 3.05) is 26.2 Å². The molecule has 1 fully saturated rings. The molecular weight excluding hydrogens is 306 g/mol. The number of imide groups is 1. The summed E-state index contributed by atoms with van der Waals surface area (Å²) in [5.74, 6) is -0.734. The quantitative estimate of drug-likeness (QED) is 0.798. The molecule has 6 nitrogen and oxygen atoms in total. The average Bonchev–Trinajstić information content (AvgIpc) is 3.15. The Labute approximate surface area is 141 Å². The SMILES string of the molecule is CCN1CCC[C@@H]1CNC(=O)CCN1C(=O)c2ccccc2C1=O. The van der Waals surface area contributed by atoms with Crippen molar-refractivity contribution < 1.29 is 14.4 Å². The lowest BCUT2D eigenvalue weighted by atomic mass is 10.1. The van der Waals surface area contributed by atoms with E-state index in [9.17, 15) is 14.4 Å². The highest BCUT2D eigenvalue weighted by Gasteiger charge is 2.35. The highest BCUT2D eigenvalue weighted by Crippen LogP contribution is 2.22. The van der Waals surface area contributed by atoms with Crippen LogP contribution in [0.25, 0.3) is 0 Å².